The fraction of sp³-hybridized carbons (Fsp3) is 0.538. The third kappa shape index (κ3) is 3.58. The van der Waals surface area contributed by atoms with E-state index in [-0.39, 0.29) is 6.04 Å². The molecule has 0 aliphatic carbocycles. The lowest BCUT2D eigenvalue weighted by molar-refractivity contribution is 0.447. The van der Waals surface area contributed by atoms with Crippen LogP contribution in [0.3, 0.4) is 0 Å². The monoisotopic (exact) mass is 284 g/mol. The molecule has 0 aliphatic rings. The number of hydrazine groups is 1. The molecular weight excluding hydrogens is 264 g/mol. The van der Waals surface area contributed by atoms with E-state index in [0.29, 0.717) is 5.92 Å². The number of rotatable bonds is 5. The Morgan fingerprint density at radius 3 is 2.56 bits per heavy atom. The smallest absolute Gasteiger partial charge is 0.0471 e. The zero-order valence-corrected chi connectivity index (χ0v) is 11.8. The highest BCUT2D eigenvalue weighted by atomic mass is 79.9. The predicted molar refractivity (Wildman–Crippen MR) is 73.0 cm³/mol. The maximum absolute atomic E-state index is 5.64. The largest absolute Gasteiger partial charge is 0.271 e. The molecule has 0 amide bonds. The molecule has 1 aromatic carbocycles. The van der Waals surface area contributed by atoms with Crippen molar-refractivity contribution < 1.29 is 0 Å². The van der Waals surface area contributed by atoms with Gasteiger partial charge in [-0.05, 0) is 36.8 Å². The van der Waals surface area contributed by atoms with Gasteiger partial charge in [-0.15, -0.1) is 0 Å². The second-order valence-electron chi connectivity index (χ2n) is 4.67. The molecule has 90 valence electrons. The number of aryl methyl sites for hydroxylation is 1. The van der Waals surface area contributed by atoms with E-state index in [2.05, 4.69) is 60.3 Å². The molecule has 0 saturated carbocycles. The Hall–Kier alpha value is -0.380. The molecule has 3 heteroatoms. The normalized spacial score (nSPS) is 13.1. The molecule has 1 unspecified atom stereocenters. The Labute approximate surface area is 107 Å². The van der Waals surface area contributed by atoms with Crippen LogP contribution < -0.4 is 11.3 Å². The third-order valence-electron chi connectivity index (χ3n) is 2.83. The summed E-state index contributed by atoms with van der Waals surface area (Å²) in [5.41, 5.74) is 5.42. The quantitative estimate of drug-likeness (QED) is 0.639. The topological polar surface area (TPSA) is 38.0 Å². The SMILES string of the molecule is Cc1cccc(C(CCC(C)C)NN)c1Br. The van der Waals surface area contributed by atoms with Crippen molar-refractivity contribution in [1.29, 1.82) is 0 Å². The molecule has 1 atom stereocenters. The zero-order valence-electron chi connectivity index (χ0n) is 10.3. The number of hydrogen-bond acceptors (Lipinski definition) is 2. The molecular formula is C13H21BrN2. The van der Waals surface area contributed by atoms with Gasteiger partial charge in [0.05, 0.1) is 0 Å². The molecule has 3 N–H and O–H groups in total. The van der Waals surface area contributed by atoms with E-state index in [1.807, 2.05) is 0 Å². The van der Waals surface area contributed by atoms with E-state index >= 15 is 0 Å². The van der Waals surface area contributed by atoms with E-state index in [4.69, 9.17) is 5.84 Å². The molecule has 1 aromatic rings. The highest BCUT2D eigenvalue weighted by molar-refractivity contribution is 9.10. The first kappa shape index (κ1) is 13.7. The van der Waals surface area contributed by atoms with E-state index in [0.717, 1.165) is 6.42 Å². The molecule has 0 bridgehead atoms. The molecule has 16 heavy (non-hydrogen) atoms. The summed E-state index contributed by atoms with van der Waals surface area (Å²) in [6, 6.07) is 6.54. The van der Waals surface area contributed by atoms with Gasteiger partial charge < -0.3 is 0 Å². The van der Waals surface area contributed by atoms with Gasteiger partial charge in [0.25, 0.3) is 0 Å². The minimum absolute atomic E-state index is 0.233. The van der Waals surface area contributed by atoms with Crippen LogP contribution in [0, 0.1) is 12.8 Å². The lowest BCUT2D eigenvalue weighted by atomic mass is 9.97. The van der Waals surface area contributed by atoms with E-state index in [1.165, 1.54) is 22.0 Å². The fourth-order valence-corrected chi connectivity index (χ4v) is 2.31. The van der Waals surface area contributed by atoms with Gasteiger partial charge >= 0.3 is 0 Å². The van der Waals surface area contributed by atoms with Crippen molar-refractivity contribution in [3.05, 3.63) is 33.8 Å². The van der Waals surface area contributed by atoms with Crippen LogP contribution in [0.2, 0.25) is 0 Å². The molecule has 0 heterocycles. The summed E-state index contributed by atoms with van der Waals surface area (Å²) in [6.07, 6.45) is 2.24. The molecule has 0 spiro atoms. The summed E-state index contributed by atoms with van der Waals surface area (Å²) in [6.45, 7) is 6.57. The van der Waals surface area contributed by atoms with Gasteiger partial charge in [0, 0.05) is 10.5 Å². The van der Waals surface area contributed by atoms with Gasteiger partial charge in [-0.3, -0.25) is 11.3 Å². The van der Waals surface area contributed by atoms with Gasteiger partial charge in [0.1, 0.15) is 0 Å². The summed E-state index contributed by atoms with van der Waals surface area (Å²) < 4.78 is 1.17. The Bertz CT molecular complexity index is 337. The van der Waals surface area contributed by atoms with Crippen molar-refractivity contribution in [2.24, 2.45) is 11.8 Å². The average Bonchev–Trinajstić information content (AvgIpc) is 2.24. The molecule has 0 aliphatic heterocycles. The van der Waals surface area contributed by atoms with Crippen LogP contribution in [0.4, 0.5) is 0 Å². The lowest BCUT2D eigenvalue weighted by Crippen LogP contribution is -2.28. The third-order valence-corrected chi connectivity index (χ3v) is 3.91. The first-order chi connectivity index (χ1) is 7.56. The lowest BCUT2D eigenvalue weighted by Gasteiger charge is -2.19. The standard InChI is InChI=1S/C13H21BrN2/c1-9(2)7-8-12(16-15)11-6-4-5-10(3)13(11)14/h4-6,9,12,16H,7-8,15H2,1-3H3. The highest BCUT2D eigenvalue weighted by Crippen LogP contribution is 2.29. The Kier molecular flexibility index (Phi) is 5.46. The van der Waals surface area contributed by atoms with E-state index in [9.17, 15) is 0 Å². The molecule has 2 nitrogen and oxygen atoms in total. The number of nitrogens with one attached hydrogen (secondary N) is 1. The van der Waals surface area contributed by atoms with Crippen molar-refractivity contribution >= 4 is 15.9 Å². The minimum atomic E-state index is 0.233. The Morgan fingerprint density at radius 1 is 1.31 bits per heavy atom. The van der Waals surface area contributed by atoms with Crippen molar-refractivity contribution in [2.45, 2.75) is 39.7 Å². The number of halogens is 1. The average molecular weight is 285 g/mol. The molecule has 0 radical (unpaired) electrons. The van der Waals surface area contributed by atoms with Gasteiger partial charge in [-0.1, -0.05) is 48.0 Å². The minimum Gasteiger partial charge on any atom is -0.271 e. The Balaban J connectivity index is 2.82. The van der Waals surface area contributed by atoms with Crippen LogP contribution in [-0.2, 0) is 0 Å². The summed E-state index contributed by atoms with van der Waals surface area (Å²) >= 11 is 3.63. The maximum Gasteiger partial charge on any atom is 0.0471 e. The van der Waals surface area contributed by atoms with Crippen LogP contribution in [0.25, 0.3) is 0 Å². The summed E-state index contributed by atoms with van der Waals surface area (Å²) in [4.78, 5) is 0. The van der Waals surface area contributed by atoms with Gasteiger partial charge in [0.2, 0.25) is 0 Å². The number of benzene rings is 1. The van der Waals surface area contributed by atoms with Gasteiger partial charge in [-0.25, -0.2) is 0 Å². The first-order valence-electron chi connectivity index (χ1n) is 5.77. The van der Waals surface area contributed by atoms with Crippen molar-refractivity contribution in [3.63, 3.8) is 0 Å². The van der Waals surface area contributed by atoms with Crippen LogP contribution >= 0.6 is 15.9 Å². The summed E-state index contributed by atoms with van der Waals surface area (Å²) in [7, 11) is 0. The van der Waals surface area contributed by atoms with E-state index in [1.54, 1.807) is 0 Å². The summed E-state index contributed by atoms with van der Waals surface area (Å²) in [5.74, 6) is 6.35. The van der Waals surface area contributed by atoms with Crippen molar-refractivity contribution in [2.75, 3.05) is 0 Å². The molecule has 0 aromatic heterocycles. The van der Waals surface area contributed by atoms with E-state index < -0.39 is 0 Å². The number of nitrogens with two attached hydrogens (primary N) is 1. The summed E-state index contributed by atoms with van der Waals surface area (Å²) in [5, 5.41) is 0. The maximum atomic E-state index is 5.64. The van der Waals surface area contributed by atoms with Crippen LogP contribution in [0.5, 0.6) is 0 Å². The van der Waals surface area contributed by atoms with Crippen LogP contribution in [0.1, 0.15) is 43.9 Å². The molecule has 0 saturated heterocycles. The zero-order chi connectivity index (χ0) is 12.1. The second-order valence-corrected chi connectivity index (χ2v) is 5.46. The van der Waals surface area contributed by atoms with Crippen LogP contribution in [-0.4, -0.2) is 0 Å². The Morgan fingerprint density at radius 2 is 2.00 bits per heavy atom. The van der Waals surface area contributed by atoms with Gasteiger partial charge in [0.15, 0.2) is 0 Å². The fourth-order valence-electron chi connectivity index (χ4n) is 1.77. The highest BCUT2D eigenvalue weighted by Gasteiger charge is 2.14. The predicted octanol–water partition coefficient (Wildman–Crippen LogP) is 3.70. The van der Waals surface area contributed by atoms with Crippen molar-refractivity contribution in [1.82, 2.24) is 5.43 Å². The second kappa shape index (κ2) is 6.38. The van der Waals surface area contributed by atoms with Crippen molar-refractivity contribution in [3.8, 4) is 0 Å². The number of hydrogen-bond donors (Lipinski definition) is 2. The molecule has 1 rings (SSSR count). The first-order valence-corrected chi connectivity index (χ1v) is 6.56. The van der Waals surface area contributed by atoms with Gasteiger partial charge in [-0.2, -0.15) is 0 Å². The van der Waals surface area contributed by atoms with Crippen LogP contribution in [0.15, 0.2) is 22.7 Å². The molecule has 0 fully saturated rings.